The number of halogens is 2. The number of nitrogens with two attached hydrogens (primary N) is 1. The van der Waals surface area contributed by atoms with Gasteiger partial charge in [0.05, 0.1) is 12.3 Å². The van der Waals surface area contributed by atoms with Crippen LogP contribution in [0.1, 0.15) is 11.4 Å². The lowest BCUT2D eigenvalue weighted by molar-refractivity contribution is 0.118. The largest absolute Gasteiger partial charge is 0.388 e. The number of aromatic nitrogens is 3. The van der Waals surface area contributed by atoms with Crippen molar-refractivity contribution in [3.05, 3.63) is 11.4 Å². The molecule has 2 N–H and O–H groups in total. The van der Waals surface area contributed by atoms with Gasteiger partial charge in [-0.2, -0.15) is 0 Å². The van der Waals surface area contributed by atoms with Gasteiger partial charge in [0, 0.05) is 13.5 Å². The van der Waals surface area contributed by atoms with E-state index in [1.54, 1.807) is 0 Å². The predicted molar refractivity (Wildman–Crippen MR) is 57.5 cm³/mol. The maximum absolute atomic E-state index is 12.2. The molecule has 0 aliphatic heterocycles. The van der Waals surface area contributed by atoms with Gasteiger partial charge in [-0.25, -0.2) is 13.5 Å². The van der Waals surface area contributed by atoms with E-state index in [0.29, 0.717) is 18.7 Å². The monoisotopic (exact) mass is 250 g/mol. The molecule has 0 aromatic carbocycles. The van der Waals surface area contributed by atoms with Crippen molar-refractivity contribution in [2.75, 3.05) is 13.7 Å². The van der Waals surface area contributed by atoms with Gasteiger partial charge in [0.1, 0.15) is 17.2 Å². The number of methoxy groups -OCH3 is 1. The van der Waals surface area contributed by atoms with E-state index >= 15 is 0 Å². The van der Waals surface area contributed by atoms with Crippen molar-refractivity contribution in [1.82, 2.24) is 15.0 Å². The van der Waals surface area contributed by atoms with Crippen LogP contribution in [-0.2, 0) is 17.7 Å². The minimum absolute atomic E-state index is 0.0478. The van der Waals surface area contributed by atoms with Crippen molar-refractivity contribution in [3.8, 4) is 0 Å². The standard InChI is InChI=1S/C8H12F2N4OS/c1-15-3-2-5-7(8(11)16)12-13-14(5)4-6(9)10/h6H,2-4H2,1H3,(H2,11,16). The molecule has 0 saturated carbocycles. The molecule has 0 bridgehead atoms. The third kappa shape index (κ3) is 3.17. The van der Waals surface area contributed by atoms with Crippen LogP contribution in [0.4, 0.5) is 8.78 Å². The van der Waals surface area contributed by atoms with Gasteiger partial charge in [-0.1, -0.05) is 17.4 Å². The second kappa shape index (κ2) is 5.80. The van der Waals surface area contributed by atoms with Crippen LogP contribution >= 0.6 is 12.2 Å². The first-order valence-electron chi connectivity index (χ1n) is 4.55. The van der Waals surface area contributed by atoms with Gasteiger partial charge in [0.2, 0.25) is 0 Å². The maximum Gasteiger partial charge on any atom is 0.257 e. The Morgan fingerprint density at radius 2 is 2.31 bits per heavy atom. The zero-order valence-corrected chi connectivity index (χ0v) is 9.51. The third-order valence-corrected chi connectivity index (χ3v) is 2.12. The highest BCUT2D eigenvalue weighted by molar-refractivity contribution is 7.80. The summed E-state index contributed by atoms with van der Waals surface area (Å²) in [6.45, 7) is -0.152. The zero-order chi connectivity index (χ0) is 12.1. The Bertz CT molecular complexity index is 369. The van der Waals surface area contributed by atoms with E-state index in [-0.39, 0.29) is 10.7 Å². The highest BCUT2D eigenvalue weighted by Crippen LogP contribution is 2.09. The SMILES string of the molecule is COCCc1c(C(N)=S)nnn1CC(F)F. The van der Waals surface area contributed by atoms with Crippen LogP contribution in [0.5, 0.6) is 0 Å². The Balaban J connectivity index is 2.94. The Labute approximate surface area is 96.6 Å². The highest BCUT2D eigenvalue weighted by Gasteiger charge is 2.17. The van der Waals surface area contributed by atoms with Gasteiger partial charge in [0.15, 0.2) is 0 Å². The fraction of sp³-hybridized carbons (Fsp3) is 0.625. The predicted octanol–water partition coefficient (Wildman–Crippen LogP) is 0.366. The zero-order valence-electron chi connectivity index (χ0n) is 8.69. The van der Waals surface area contributed by atoms with E-state index in [0.717, 1.165) is 4.68 Å². The van der Waals surface area contributed by atoms with Crippen molar-refractivity contribution >= 4 is 17.2 Å². The number of hydrogen-bond acceptors (Lipinski definition) is 4. The minimum Gasteiger partial charge on any atom is -0.388 e. The Kier molecular flexibility index (Phi) is 4.69. The molecule has 0 aliphatic carbocycles. The summed E-state index contributed by atoms with van der Waals surface area (Å²) in [6.07, 6.45) is -2.11. The molecular formula is C8H12F2N4OS. The summed E-state index contributed by atoms with van der Waals surface area (Å²) < 4.78 is 30.5. The molecule has 16 heavy (non-hydrogen) atoms. The number of alkyl halides is 2. The summed E-state index contributed by atoms with van der Waals surface area (Å²) in [6, 6.07) is 0. The number of thiocarbonyl (C=S) groups is 1. The molecule has 90 valence electrons. The summed E-state index contributed by atoms with van der Waals surface area (Å²) in [7, 11) is 1.52. The van der Waals surface area contributed by atoms with Crippen molar-refractivity contribution in [1.29, 1.82) is 0 Å². The van der Waals surface area contributed by atoms with Crippen LogP contribution in [0.25, 0.3) is 0 Å². The molecule has 0 aliphatic rings. The molecule has 0 fully saturated rings. The van der Waals surface area contributed by atoms with E-state index in [9.17, 15) is 8.78 Å². The lowest BCUT2D eigenvalue weighted by Gasteiger charge is -2.06. The van der Waals surface area contributed by atoms with E-state index < -0.39 is 13.0 Å². The number of rotatable bonds is 6. The fourth-order valence-corrected chi connectivity index (χ4v) is 1.41. The first-order chi connectivity index (χ1) is 7.56. The van der Waals surface area contributed by atoms with Gasteiger partial charge < -0.3 is 10.5 Å². The van der Waals surface area contributed by atoms with Gasteiger partial charge in [-0.05, 0) is 0 Å². The highest BCUT2D eigenvalue weighted by atomic mass is 32.1. The Morgan fingerprint density at radius 1 is 1.62 bits per heavy atom. The van der Waals surface area contributed by atoms with Crippen molar-refractivity contribution < 1.29 is 13.5 Å². The molecular weight excluding hydrogens is 238 g/mol. The van der Waals surface area contributed by atoms with E-state index in [2.05, 4.69) is 10.3 Å². The molecule has 5 nitrogen and oxygen atoms in total. The fourth-order valence-electron chi connectivity index (χ4n) is 1.25. The van der Waals surface area contributed by atoms with Gasteiger partial charge >= 0.3 is 0 Å². The first kappa shape index (κ1) is 12.9. The van der Waals surface area contributed by atoms with E-state index in [1.807, 2.05) is 0 Å². The second-order valence-corrected chi connectivity index (χ2v) is 3.50. The molecule has 0 radical (unpaired) electrons. The number of hydrogen-bond donors (Lipinski definition) is 1. The topological polar surface area (TPSA) is 66.0 Å². The average Bonchev–Trinajstić information content (AvgIpc) is 2.57. The van der Waals surface area contributed by atoms with Crippen LogP contribution in [0.3, 0.4) is 0 Å². The average molecular weight is 250 g/mol. The second-order valence-electron chi connectivity index (χ2n) is 3.06. The smallest absolute Gasteiger partial charge is 0.257 e. The van der Waals surface area contributed by atoms with Crippen LogP contribution in [0, 0.1) is 0 Å². The van der Waals surface area contributed by atoms with Crippen LogP contribution in [0.2, 0.25) is 0 Å². The molecule has 1 rings (SSSR count). The van der Waals surface area contributed by atoms with Gasteiger partial charge in [-0.15, -0.1) is 5.10 Å². The van der Waals surface area contributed by atoms with Crippen LogP contribution in [0.15, 0.2) is 0 Å². The summed E-state index contributed by atoms with van der Waals surface area (Å²) in [4.78, 5) is 0.0478. The van der Waals surface area contributed by atoms with Crippen molar-refractivity contribution in [3.63, 3.8) is 0 Å². The Morgan fingerprint density at radius 3 is 2.81 bits per heavy atom. The van der Waals surface area contributed by atoms with Crippen molar-refractivity contribution in [2.24, 2.45) is 5.73 Å². The minimum atomic E-state index is -2.50. The molecule has 0 atom stereocenters. The summed E-state index contributed by atoms with van der Waals surface area (Å²) in [5, 5.41) is 7.27. The van der Waals surface area contributed by atoms with Crippen LogP contribution in [-0.4, -0.2) is 40.1 Å². The maximum atomic E-state index is 12.2. The van der Waals surface area contributed by atoms with E-state index in [1.165, 1.54) is 7.11 Å². The number of nitrogens with zero attached hydrogens (tertiary/aromatic N) is 3. The van der Waals surface area contributed by atoms with Gasteiger partial charge in [-0.3, -0.25) is 0 Å². The molecule has 0 unspecified atom stereocenters. The molecule has 0 spiro atoms. The van der Waals surface area contributed by atoms with Crippen molar-refractivity contribution in [2.45, 2.75) is 19.4 Å². The van der Waals surface area contributed by atoms with Crippen LogP contribution < -0.4 is 5.73 Å². The molecule has 8 heteroatoms. The summed E-state index contributed by atoms with van der Waals surface area (Å²) in [5.41, 5.74) is 6.18. The molecule has 0 amide bonds. The van der Waals surface area contributed by atoms with Gasteiger partial charge in [0.25, 0.3) is 6.43 Å². The van der Waals surface area contributed by atoms with E-state index in [4.69, 9.17) is 22.7 Å². The quantitative estimate of drug-likeness (QED) is 0.739. The Hall–Kier alpha value is -1.15. The molecule has 1 aromatic rings. The lowest BCUT2D eigenvalue weighted by Crippen LogP contribution is -2.17. The third-order valence-electron chi connectivity index (χ3n) is 1.92. The molecule has 1 heterocycles. The first-order valence-corrected chi connectivity index (χ1v) is 4.96. The lowest BCUT2D eigenvalue weighted by atomic mass is 10.2. The normalized spacial score (nSPS) is 11.0. The summed E-state index contributed by atoms with van der Waals surface area (Å²) in [5.74, 6) is 0. The molecule has 0 saturated heterocycles. The molecule has 1 aromatic heterocycles. The summed E-state index contributed by atoms with van der Waals surface area (Å²) >= 11 is 4.76. The number of ether oxygens (including phenoxy) is 1.